The highest BCUT2D eigenvalue weighted by Crippen LogP contribution is 2.37. The van der Waals surface area contributed by atoms with Crippen LogP contribution in [0.4, 0.5) is 11.4 Å². The third kappa shape index (κ3) is 6.68. The van der Waals surface area contributed by atoms with Crippen molar-refractivity contribution < 1.29 is 17.9 Å². The number of carbonyl (C=O) groups is 1. The number of ether oxygens (including phenoxy) is 1. The summed E-state index contributed by atoms with van der Waals surface area (Å²) in [7, 11) is -3.68. The van der Waals surface area contributed by atoms with Crippen molar-refractivity contribution in [3.05, 3.63) is 115 Å². The van der Waals surface area contributed by atoms with Crippen molar-refractivity contribution in [2.24, 2.45) is 0 Å². The standard InChI is InChI=1S/C28H26N2O4S2/c1-2-34-24-17-13-22(14-18-24)29-28(31)27(21-9-5-3-6-10-21)35-25-19-15-23(16-20-25)30-36(32,33)26-11-7-4-8-12-26/h3-20,27,30H,2H2,1H3,(H,29,31). The first-order valence-corrected chi connectivity index (χ1v) is 13.7. The Bertz CT molecular complexity index is 1380. The minimum absolute atomic E-state index is 0.163. The van der Waals surface area contributed by atoms with Crippen molar-refractivity contribution in [2.75, 3.05) is 16.6 Å². The first-order chi connectivity index (χ1) is 17.4. The van der Waals surface area contributed by atoms with Gasteiger partial charge in [0.15, 0.2) is 0 Å². The van der Waals surface area contributed by atoms with Crippen molar-refractivity contribution in [1.29, 1.82) is 0 Å². The summed E-state index contributed by atoms with van der Waals surface area (Å²) >= 11 is 1.39. The van der Waals surface area contributed by atoms with Crippen LogP contribution in [0.2, 0.25) is 0 Å². The number of anilines is 2. The van der Waals surface area contributed by atoms with Crippen molar-refractivity contribution in [3.8, 4) is 5.75 Å². The summed E-state index contributed by atoms with van der Waals surface area (Å²) in [6, 6.07) is 32.0. The van der Waals surface area contributed by atoms with E-state index in [1.54, 1.807) is 54.6 Å². The minimum atomic E-state index is -3.68. The highest BCUT2D eigenvalue weighted by molar-refractivity contribution is 8.00. The number of carbonyl (C=O) groups excluding carboxylic acids is 1. The fraction of sp³-hybridized carbons (Fsp3) is 0.107. The average Bonchev–Trinajstić information content (AvgIpc) is 2.90. The number of rotatable bonds is 10. The van der Waals surface area contributed by atoms with E-state index < -0.39 is 15.3 Å². The molecule has 0 aromatic heterocycles. The molecule has 0 heterocycles. The number of benzene rings is 4. The van der Waals surface area contributed by atoms with Gasteiger partial charge in [0.1, 0.15) is 11.0 Å². The molecule has 1 unspecified atom stereocenters. The lowest BCUT2D eigenvalue weighted by molar-refractivity contribution is -0.115. The second kappa shape index (κ2) is 11.8. The van der Waals surface area contributed by atoms with Crippen LogP contribution in [-0.4, -0.2) is 20.9 Å². The molecule has 0 saturated heterocycles. The molecule has 0 aliphatic carbocycles. The molecule has 184 valence electrons. The molecule has 0 aliphatic rings. The van der Waals surface area contributed by atoms with E-state index in [9.17, 15) is 13.2 Å². The topological polar surface area (TPSA) is 84.5 Å². The SMILES string of the molecule is CCOc1ccc(NC(=O)C(Sc2ccc(NS(=O)(=O)c3ccccc3)cc2)c2ccccc2)cc1. The van der Waals surface area contributed by atoms with Crippen LogP contribution in [0.3, 0.4) is 0 Å². The number of thioether (sulfide) groups is 1. The molecule has 36 heavy (non-hydrogen) atoms. The van der Waals surface area contributed by atoms with Gasteiger partial charge in [-0.05, 0) is 73.2 Å². The lowest BCUT2D eigenvalue weighted by Crippen LogP contribution is -2.19. The fourth-order valence-electron chi connectivity index (χ4n) is 3.46. The van der Waals surface area contributed by atoms with E-state index in [4.69, 9.17) is 4.74 Å². The van der Waals surface area contributed by atoms with E-state index >= 15 is 0 Å². The maximum Gasteiger partial charge on any atom is 0.261 e. The monoisotopic (exact) mass is 518 g/mol. The summed E-state index contributed by atoms with van der Waals surface area (Å²) in [4.78, 5) is 14.3. The average molecular weight is 519 g/mol. The number of nitrogens with one attached hydrogen (secondary N) is 2. The summed E-state index contributed by atoms with van der Waals surface area (Å²) in [5, 5.41) is 2.47. The van der Waals surface area contributed by atoms with Gasteiger partial charge in [-0.25, -0.2) is 8.42 Å². The zero-order chi connectivity index (χ0) is 25.4. The molecule has 6 nitrogen and oxygen atoms in total. The zero-order valence-corrected chi connectivity index (χ0v) is 21.3. The predicted molar refractivity (Wildman–Crippen MR) is 145 cm³/mol. The molecule has 2 N–H and O–H groups in total. The normalized spacial score (nSPS) is 11.9. The number of amides is 1. The Labute approximate surface area is 215 Å². The Morgan fingerprint density at radius 3 is 2.00 bits per heavy atom. The van der Waals surface area contributed by atoms with Crippen LogP contribution < -0.4 is 14.8 Å². The fourth-order valence-corrected chi connectivity index (χ4v) is 5.57. The Kier molecular flexibility index (Phi) is 8.30. The molecule has 0 saturated carbocycles. The Balaban J connectivity index is 1.49. The molecular weight excluding hydrogens is 492 g/mol. The predicted octanol–water partition coefficient (Wildman–Crippen LogP) is 6.36. The summed E-state index contributed by atoms with van der Waals surface area (Å²) in [5.74, 6) is 0.580. The molecule has 8 heteroatoms. The van der Waals surface area contributed by atoms with Crippen LogP contribution in [0.15, 0.2) is 119 Å². The van der Waals surface area contributed by atoms with E-state index in [2.05, 4.69) is 10.0 Å². The third-order valence-electron chi connectivity index (χ3n) is 5.19. The minimum Gasteiger partial charge on any atom is -0.494 e. The molecule has 1 atom stereocenters. The van der Waals surface area contributed by atoms with E-state index in [0.29, 0.717) is 18.0 Å². The van der Waals surface area contributed by atoms with E-state index in [0.717, 1.165) is 16.2 Å². The second-order valence-electron chi connectivity index (χ2n) is 7.80. The molecule has 0 spiro atoms. The Morgan fingerprint density at radius 1 is 0.806 bits per heavy atom. The van der Waals surface area contributed by atoms with Crippen LogP contribution in [0.25, 0.3) is 0 Å². The summed E-state index contributed by atoms with van der Waals surface area (Å²) in [6.45, 7) is 2.49. The third-order valence-corrected chi connectivity index (χ3v) is 7.85. The van der Waals surface area contributed by atoms with E-state index in [1.165, 1.54) is 11.8 Å². The van der Waals surface area contributed by atoms with Crippen molar-refractivity contribution in [2.45, 2.75) is 22.0 Å². The molecule has 4 aromatic rings. The molecule has 1 amide bonds. The summed E-state index contributed by atoms with van der Waals surface area (Å²) < 4.78 is 33.2. The molecule has 0 bridgehead atoms. The summed E-state index contributed by atoms with van der Waals surface area (Å²) in [6.07, 6.45) is 0. The zero-order valence-electron chi connectivity index (χ0n) is 19.6. The van der Waals surface area contributed by atoms with Gasteiger partial charge in [-0.3, -0.25) is 9.52 Å². The van der Waals surface area contributed by atoms with Gasteiger partial charge < -0.3 is 10.1 Å². The van der Waals surface area contributed by atoms with Gasteiger partial charge >= 0.3 is 0 Å². The van der Waals surface area contributed by atoms with Gasteiger partial charge in [0, 0.05) is 16.3 Å². The molecule has 0 fully saturated rings. The molecular formula is C28H26N2O4S2. The Hall–Kier alpha value is -3.75. The highest BCUT2D eigenvalue weighted by Gasteiger charge is 2.22. The van der Waals surface area contributed by atoms with Crippen LogP contribution in [0, 0.1) is 0 Å². The van der Waals surface area contributed by atoms with Crippen LogP contribution in [0.1, 0.15) is 17.7 Å². The molecule has 0 aliphatic heterocycles. The van der Waals surface area contributed by atoms with Crippen molar-refractivity contribution in [1.82, 2.24) is 0 Å². The quantitative estimate of drug-likeness (QED) is 0.239. The molecule has 0 radical (unpaired) electrons. The second-order valence-corrected chi connectivity index (χ2v) is 10.7. The number of hydrogen-bond donors (Lipinski definition) is 2. The smallest absolute Gasteiger partial charge is 0.261 e. The van der Waals surface area contributed by atoms with Gasteiger partial charge in [-0.1, -0.05) is 48.5 Å². The number of hydrogen-bond acceptors (Lipinski definition) is 5. The lowest BCUT2D eigenvalue weighted by Gasteiger charge is -2.18. The van der Waals surface area contributed by atoms with Crippen LogP contribution in [0.5, 0.6) is 5.75 Å². The maximum absolute atomic E-state index is 13.3. The molecule has 4 aromatic carbocycles. The van der Waals surface area contributed by atoms with E-state index in [1.807, 2.05) is 61.5 Å². The number of sulfonamides is 1. The molecule has 4 rings (SSSR count). The van der Waals surface area contributed by atoms with Crippen molar-refractivity contribution >= 4 is 39.1 Å². The highest BCUT2D eigenvalue weighted by atomic mass is 32.2. The van der Waals surface area contributed by atoms with Gasteiger partial charge in [-0.15, -0.1) is 11.8 Å². The van der Waals surface area contributed by atoms with Crippen molar-refractivity contribution in [3.63, 3.8) is 0 Å². The first kappa shape index (κ1) is 25.3. The van der Waals surface area contributed by atoms with Gasteiger partial charge in [0.05, 0.1) is 11.5 Å². The largest absolute Gasteiger partial charge is 0.494 e. The first-order valence-electron chi connectivity index (χ1n) is 11.4. The van der Waals surface area contributed by atoms with Gasteiger partial charge in [-0.2, -0.15) is 0 Å². The van der Waals surface area contributed by atoms with Gasteiger partial charge in [0.25, 0.3) is 10.0 Å². The van der Waals surface area contributed by atoms with Crippen LogP contribution >= 0.6 is 11.8 Å². The maximum atomic E-state index is 13.3. The van der Waals surface area contributed by atoms with E-state index in [-0.39, 0.29) is 10.8 Å². The summed E-state index contributed by atoms with van der Waals surface area (Å²) in [5.41, 5.74) is 1.98. The lowest BCUT2D eigenvalue weighted by atomic mass is 10.1. The van der Waals surface area contributed by atoms with Gasteiger partial charge in [0.2, 0.25) is 5.91 Å². The Morgan fingerprint density at radius 2 is 1.39 bits per heavy atom. The van der Waals surface area contributed by atoms with Crippen LogP contribution in [-0.2, 0) is 14.8 Å².